The molecule has 0 aliphatic rings. The Labute approximate surface area is 121 Å². The van der Waals surface area contributed by atoms with E-state index in [4.69, 9.17) is 11.1 Å². The minimum absolute atomic E-state index is 0.647. The summed E-state index contributed by atoms with van der Waals surface area (Å²) in [5.74, 6) is 0. The third-order valence-electron chi connectivity index (χ3n) is 2.94. The van der Waals surface area contributed by atoms with Gasteiger partial charge in [-0.1, -0.05) is 32.9 Å². The molecule has 20 heavy (non-hydrogen) atoms. The van der Waals surface area contributed by atoms with E-state index in [2.05, 4.69) is 23.9 Å². The zero-order chi connectivity index (χ0) is 15.0. The van der Waals surface area contributed by atoms with Gasteiger partial charge in [-0.05, 0) is 17.7 Å². The van der Waals surface area contributed by atoms with Crippen molar-refractivity contribution < 1.29 is 4.57 Å². The molecule has 0 aliphatic carbocycles. The number of benzene rings is 1. The molecule has 2 aromatic rings. The van der Waals surface area contributed by atoms with E-state index >= 15 is 0 Å². The highest BCUT2D eigenvalue weighted by Gasteiger charge is 2.09. The average molecular weight is 270 g/mol. The summed E-state index contributed by atoms with van der Waals surface area (Å²) >= 11 is 0. The van der Waals surface area contributed by atoms with Gasteiger partial charge in [0.15, 0.2) is 12.4 Å². The fraction of sp³-hybridized carbons (Fsp3) is 0.294. The Morgan fingerprint density at radius 1 is 1.20 bits per heavy atom. The van der Waals surface area contributed by atoms with Gasteiger partial charge in [0, 0.05) is 35.5 Å². The molecule has 106 valence electrons. The number of aryl methyl sites for hydroxylation is 1. The smallest absolute Gasteiger partial charge is 0.176 e. The van der Waals surface area contributed by atoms with E-state index in [1.165, 1.54) is 6.21 Å². The molecule has 0 amide bonds. The minimum Gasteiger partial charge on any atom is -0.398 e. The van der Waals surface area contributed by atoms with Gasteiger partial charge in [0.1, 0.15) is 6.54 Å². The number of hydrogen-bond acceptors (Lipinski definition) is 2. The van der Waals surface area contributed by atoms with Crippen LogP contribution in [0.4, 0.5) is 5.69 Å². The van der Waals surface area contributed by atoms with Crippen LogP contribution in [0.15, 0.2) is 42.7 Å². The van der Waals surface area contributed by atoms with E-state index < -0.39 is 0 Å². The molecule has 0 unspecified atom stereocenters. The Morgan fingerprint density at radius 2 is 1.95 bits per heavy atom. The molecule has 0 saturated heterocycles. The highest BCUT2D eigenvalue weighted by atomic mass is 14.9. The molecule has 1 heterocycles. The first kappa shape index (κ1) is 15.9. The first-order chi connectivity index (χ1) is 9.76. The quantitative estimate of drug-likeness (QED) is 0.497. The first-order valence-electron chi connectivity index (χ1n) is 7.14. The lowest BCUT2D eigenvalue weighted by Gasteiger charge is -2.07. The summed E-state index contributed by atoms with van der Waals surface area (Å²) < 4.78 is 2.16. The molecule has 3 nitrogen and oxygen atoms in total. The Morgan fingerprint density at radius 3 is 2.60 bits per heavy atom. The van der Waals surface area contributed by atoms with E-state index in [-0.39, 0.29) is 0 Å². The molecule has 0 spiro atoms. The van der Waals surface area contributed by atoms with Crippen LogP contribution in [0, 0.1) is 5.41 Å². The number of aromatic nitrogens is 1. The standard InChI is InChI=1S/C15H18N3.C2H6/c1-2-8-18-9-4-5-12(11-18)13-6-3-7-15(17)14(13)10-16;1-2/h3-7,9-11,16H,2,8,17H2,1H3;1-2H3/q+1;. The molecule has 0 atom stereocenters. The summed E-state index contributed by atoms with van der Waals surface area (Å²) in [7, 11) is 0. The molecular weight excluding hydrogens is 246 g/mol. The van der Waals surface area contributed by atoms with E-state index in [0.717, 1.165) is 29.7 Å². The molecule has 1 aromatic carbocycles. The predicted octanol–water partition coefficient (Wildman–Crippen LogP) is 3.66. The summed E-state index contributed by atoms with van der Waals surface area (Å²) in [4.78, 5) is 0. The first-order valence-corrected chi connectivity index (χ1v) is 7.14. The van der Waals surface area contributed by atoms with Crippen LogP contribution in [0.25, 0.3) is 11.1 Å². The van der Waals surface area contributed by atoms with Crippen LogP contribution >= 0.6 is 0 Å². The van der Waals surface area contributed by atoms with Gasteiger partial charge < -0.3 is 11.1 Å². The molecule has 3 N–H and O–H groups in total. The van der Waals surface area contributed by atoms with Crippen LogP contribution in [0.2, 0.25) is 0 Å². The Hall–Kier alpha value is -2.16. The van der Waals surface area contributed by atoms with Gasteiger partial charge in [0.25, 0.3) is 0 Å². The fourth-order valence-corrected chi connectivity index (χ4v) is 2.07. The topological polar surface area (TPSA) is 53.8 Å². The molecule has 1 aromatic heterocycles. The van der Waals surface area contributed by atoms with Gasteiger partial charge in [0.2, 0.25) is 0 Å². The van der Waals surface area contributed by atoms with Crippen LogP contribution in [-0.4, -0.2) is 6.21 Å². The van der Waals surface area contributed by atoms with Crippen molar-refractivity contribution in [2.75, 3.05) is 5.73 Å². The van der Waals surface area contributed by atoms with Crippen LogP contribution < -0.4 is 10.3 Å². The van der Waals surface area contributed by atoms with Crippen LogP contribution in [-0.2, 0) is 6.54 Å². The van der Waals surface area contributed by atoms with Crippen LogP contribution in [0.3, 0.4) is 0 Å². The Kier molecular flexibility index (Phi) is 6.44. The predicted molar refractivity (Wildman–Crippen MR) is 86.0 cm³/mol. The van der Waals surface area contributed by atoms with Crippen molar-refractivity contribution in [1.29, 1.82) is 5.41 Å². The summed E-state index contributed by atoms with van der Waals surface area (Å²) in [5.41, 5.74) is 9.44. The molecule has 0 saturated carbocycles. The lowest BCUT2D eigenvalue weighted by atomic mass is 10.0. The highest BCUT2D eigenvalue weighted by molar-refractivity contribution is 5.94. The molecule has 0 radical (unpaired) electrons. The Bertz CT molecular complexity index is 562. The van der Waals surface area contributed by atoms with Gasteiger partial charge >= 0.3 is 0 Å². The van der Waals surface area contributed by atoms with E-state index in [1.807, 2.05) is 44.2 Å². The molecule has 0 aliphatic heterocycles. The lowest BCUT2D eigenvalue weighted by Crippen LogP contribution is -2.32. The second-order valence-corrected chi connectivity index (χ2v) is 4.28. The zero-order valence-electron chi connectivity index (χ0n) is 12.6. The number of hydrogen-bond donors (Lipinski definition) is 2. The maximum Gasteiger partial charge on any atom is 0.176 e. The van der Waals surface area contributed by atoms with Crippen molar-refractivity contribution in [2.24, 2.45) is 0 Å². The second-order valence-electron chi connectivity index (χ2n) is 4.28. The third-order valence-corrected chi connectivity index (χ3v) is 2.94. The van der Waals surface area contributed by atoms with Crippen molar-refractivity contribution in [3.63, 3.8) is 0 Å². The fourth-order valence-electron chi connectivity index (χ4n) is 2.07. The van der Waals surface area contributed by atoms with Crippen LogP contribution in [0.1, 0.15) is 32.8 Å². The molecular formula is C17H24N3+. The number of nitrogens with two attached hydrogens (primary N) is 1. The molecule has 0 fully saturated rings. The normalized spacial score (nSPS) is 9.55. The largest absolute Gasteiger partial charge is 0.398 e. The summed E-state index contributed by atoms with van der Waals surface area (Å²) in [6, 6.07) is 9.83. The van der Waals surface area contributed by atoms with Crippen molar-refractivity contribution in [3.8, 4) is 11.1 Å². The van der Waals surface area contributed by atoms with Gasteiger partial charge in [-0.25, -0.2) is 4.57 Å². The number of anilines is 1. The molecule has 0 bridgehead atoms. The number of nitrogens with one attached hydrogen (secondary N) is 1. The van der Waals surface area contributed by atoms with E-state index in [0.29, 0.717) is 5.69 Å². The van der Waals surface area contributed by atoms with Crippen molar-refractivity contribution in [1.82, 2.24) is 0 Å². The summed E-state index contributed by atoms with van der Waals surface area (Å²) in [6.45, 7) is 7.15. The van der Waals surface area contributed by atoms with Crippen LogP contribution in [0.5, 0.6) is 0 Å². The maximum absolute atomic E-state index is 7.50. The average Bonchev–Trinajstić information content (AvgIpc) is 2.50. The maximum atomic E-state index is 7.50. The highest BCUT2D eigenvalue weighted by Crippen LogP contribution is 2.25. The second kappa shape index (κ2) is 8.10. The lowest BCUT2D eigenvalue weighted by molar-refractivity contribution is -0.696. The number of nitrogens with zero attached hydrogens (tertiary/aromatic N) is 1. The summed E-state index contributed by atoms with van der Waals surface area (Å²) in [5, 5.41) is 7.50. The summed E-state index contributed by atoms with van der Waals surface area (Å²) in [6.07, 6.45) is 6.58. The number of nitrogen functional groups attached to an aromatic ring is 1. The third kappa shape index (κ3) is 3.67. The van der Waals surface area contributed by atoms with Crippen molar-refractivity contribution in [3.05, 3.63) is 48.3 Å². The van der Waals surface area contributed by atoms with Gasteiger partial charge in [-0.3, -0.25) is 0 Å². The number of pyridine rings is 1. The minimum atomic E-state index is 0.647. The monoisotopic (exact) mass is 270 g/mol. The van der Waals surface area contributed by atoms with Gasteiger partial charge in [0.05, 0.1) is 0 Å². The number of rotatable bonds is 4. The van der Waals surface area contributed by atoms with Crippen molar-refractivity contribution in [2.45, 2.75) is 33.7 Å². The molecule has 3 heteroatoms. The van der Waals surface area contributed by atoms with Gasteiger partial charge in [-0.15, -0.1) is 0 Å². The van der Waals surface area contributed by atoms with Crippen molar-refractivity contribution >= 4 is 11.9 Å². The Balaban J connectivity index is 0.000000956. The zero-order valence-corrected chi connectivity index (χ0v) is 12.6. The molecule has 2 rings (SSSR count). The van der Waals surface area contributed by atoms with E-state index in [9.17, 15) is 0 Å². The van der Waals surface area contributed by atoms with E-state index in [1.54, 1.807) is 0 Å². The van der Waals surface area contributed by atoms with Gasteiger partial charge in [-0.2, -0.15) is 0 Å². The SMILES string of the molecule is CC.CCC[n+]1cccc(-c2cccc(N)c2C=N)c1.